The molecule has 0 saturated carbocycles. The molecular formula is C22H34FN7O. The predicted octanol–water partition coefficient (Wildman–Crippen LogP) is 2.00. The van der Waals surface area contributed by atoms with Crippen LogP contribution in [0.4, 0.5) is 4.39 Å². The first-order valence-electron chi connectivity index (χ1n) is 11.2. The molecule has 0 bridgehead atoms. The minimum atomic E-state index is -0.222. The van der Waals surface area contributed by atoms with Crippen LogP contribution in [0.2, 0.25) is 0 Å². The molecule has 170 valence electrons. The van der Waals surface area contributed by atoms with E-state index in [0.29, 0.717) is 19.8 Å². The van der Waals surface area contributed by atoms with Crippen molar-refractivity contribution in [1.29, 1.82) is 0 Å². The van der Waals surface area contributed by atoms with Crippen LogP contribution in [0.1, 0.15) is 37.7 Å². The Morgan fingerprint density at radius 2 is 1.90 bits per heavy atom. The van der Waals surface area contributed by atoms with Crippen molar-refractivity contribution >= 4 is 5.96 Å². The number of morpholine rings is 1. The SMILES string of the molecule is CCCNC(=NCC(c1ccc(F)cc1)N1CCOCC1)NCCn1cnnc1CC. The van der Waals surface area contributed by atoms with Crippen LogP contribution in [0, 0.1) is 5.82 Å². The van der Waals surface area contributed by atoms with E-state index < -0.39 is 0 Å². The van der Waals surface area contributed by atoms with E-state index in [4.69, 9.17) is 9.73 Å². The van der Waals surface area contributed by atoms with E-state index in [1.54, 1.807) is 6.33 Å². The molecule has 0 aliphatic carbocycles. The largest absolute Gasteiger partial charge is 0.379 e. The lowest BCUT2D eigenvalue weighted by molar-refractivity contribution is 0.0179. The number of hydrogen-bond donors (Lipinski definition) is 2. The molecule has 1 aliphatic rings. The molecule has 0 radical (unpaired) electrons. The maximum Gasteiger partial charge on any atom is 0.191 e. The highest BCUT2D eigenvalue weighted by Gasteiger charge is 2.22. The Morgan fingerprint density at radius 1 is 1.16 bits per heavy atom. The van der Waals surface area contributed by atoms with E-state index in [9.17, 15) is 4.39 Å². The lowest BCUT2D eigenvalue weighted by Crippen LogP contribution is -2.42. The van der Waals surface area contributed by atoms with Gasteiger partial charge < -0.3 is 19.9 Å². The zero-order valence-electron chi connectivity index (χ0n) is 18.6. The smallest absolute Gasteiger partial charge is 0.191 e. The van der Waals surface area contributed by atoms with Gasteiger partial charge in [0, 0.05) is 39.1 Å². The van der Waals surface area contributed by atoms with Gasteiger partial charge in [0.25, 0.3) is 0 Å². The fourth-order valence-electron chi connectivity index (χ4n) is 3.64. The highest BCUT2D eigenvalue weighted by atomic mass is 19.1. The highest BCUT2D eigenvalue weighted by Crippen LogP contribution is 2.22. The number of aromatic nitrogens is 3. The van der Waals surface area contributed by atoms with Crippen LogP contribution in [0.3, 0.4) is 0 Å². The molecule has 1 saturated heterocycles. The normalized spacial score (nSPS) is 16.3. The molecule has 1 aromatic heterocycles. The molecule has 8 nitrogen and oxygen atoms in total. The molecule has 9 heteroatoms. The van der Waals surface area contributed by atoms with Crippen molar-refractivity contribution in [3.63, 3.8) is 0 Å². The zero-order chi connectivity index (χ0) is 21.9. The van der Waals surface area contributed by atoms with Gasteiger partial charge in [-0.15, -0.1) is 10.2 Å². The second-order valence-corrected chi connectivity index (χ2v) is 7.55. The Labute approximate surface area is 183 Å². The Kier molecular flexibility index (Phi) is 9.23. The summed E-state index contributed by atoms with van der Waals surface area (Å²) >= 11 is 0. The summed E-state index contributed by atoms with van der Waals surface area (Å²) in [6.07, 6.45) is 3.63. The molecule has 1 aliphatic heterocycles. The molecule has 2 aromatic rings. The van der Waals surface area contributed by atoms with Gasteiger partial charge in [-0.05, 0) is 24.1 Å². The fourth-order valence-corrected chi connectivity index (χ4v) is 3.64. The third-order valence-corrected chi connectivity index (χ3v) is 5.36. The van der Waals surface area contributed by atoms with Gasteiger partial charge in [-0.2, -0.15) is 0 Å². The summed E-state index contributed by atoms with van der Waals surface area (Å²) in [4.78, 5) is 7.24. The molecule has 0 amide bonds. The van der Waals surface area contributed by atoms with Crippen molar-refractivity contribution in [2.75, 3.05) is 45.9 Å². The summed E-state index contributed by atoms with van der Waals surface area (Å²) in [5.74, 6) is 1.54. The van der Waals surface area contributed by atoms with Crippen LogP contribution < -0.4 is 10.6 Å². The number of ether oxygens (including phenoxy) is 1. The predicted molar refractivity (Wildman–Crippen MR) is 120 cm³/mol. The number of nitrogens with one attached hydrogen (secondary N) is 2. The van der Waals surface area contributed by atoms with Crippen LogP contribution in [-0.4, -0.2) is 71.6 Å². The van der Waals surface area contributed by atoms with Crippen molar-refractivity contribution in [2.24, 2.45) is 4.99 Å². The van der Waals surface area contributed by atoms with Crippen molar-refractivity contribution in [2.45, 2.75) is 39.3 Å². The van der Waals surface area contributed by atoms with E-state index in [-0.39, 0.29) is 11.9 Å². The summed E-state index contributed by atoms with van der Waals surface area (Å²) in [5, 5.41) is 14.9. The molecule has 1 unspecified atom stereocenters. The number of hydrogen-bond acceptors (Lipinski definition) is 5. The van der Waals surface area contributed by atoms with Gasteiger partial charge in [0.1, 0.15) is 18.0 Å². The molecule has 1 aromatic carbocycles. The van der Waals surface area contributed by atoms with Gasteiger partial charge in [0.05, 0.1) is 25.8 Å². The van der Waals surface area contributed by atoms with Gasteiger partial charge in [-0.1, -0.05) is 26.0 Å². The third kappa shape index (κ3) is 7.00. The topological polar surface area (TPSA) is 79.6 Å². The van der Waals surface area contributed by atoms with Gasteiger partial charge in [-0.25, -0.2) is 4.39 Å². The molecule has 1 atom stereocenters. The van der Waals surface area contributed by atoms with E-state index in [0.717, 1.165) is 62.9 Å². The number of rotatable bonds is 10. The van der Waals surface area contributed by atoms with E-state index in [2.05, 4.69) is 44.1 Å². The monoisotopic (exact) mass is 431 g/mol. The minimum absolute atomic E-state index is 0.0780. The second kappa shape index (κ2) is 12.4. The first kappa shape index (κ1) is 23.1. The summed E-state index contributed by atoms with van der Waals surface area (Å²) in [6.45, 7) is 10.2. The highest BCUT2D eigenvalue weighted by molar-refractivity contribution is 5.79. The van der Waals surface area contributed by atoms with Crippen LogP contribution in [0.5, 0.6) is 0 Å². The first-order valence-corrected chi connectivity index (χ1v) is 11.2. The van der Waals surface area contributed by atoms with Crippen molar-refractivity contribution in [3.05, 3.63) is 47.8 Å². The number of benzene rings is 1. The van der Waals surface area contributed by atoms with Gasteiger partial charge in [0.15, 0.2) is 5.96 Å². The Bertz CT molecular complexity index is 802. The van der Waals surface area contributed by atoms with Crippen LogP contribution in [0.15, 0.2) is 35.6 Å². The maximum absolute atomic E-state index is 13.5. The quantitative estimate of drug-likeness (QED) is 0.443. The second-order valence-electron chi connectivity index (χ2n) is 7.55. The fraction of sp³-hybridized carbons (Fsp3) is 0.591. The Morgan fingerprint density at radius 3 is 2.61 bits per heavy atom. The van der Waals surface area contributed by atoms with Crippen molar-refractivity contribution in [3.8, 4) is 0 Å². The number of guanidine groups is 1. The van der Waals surface area contributed by atoms with E-state index in [1.807, 2.05) is 12.1 Å². The zero-order valence-corrected chi connectivity index (χ0v) is 18.6. The number of aliphatic imine (C=N–C) groups is 1. The van der Waals surface area contributed by atoms with E-state index in [1.165, 1.54) is 12.1 Å². The minimum Gasteiger partial charge on any atom is -0.379 e. The van der Waals surface area contributed by atoms with Crippen LogP contribution in [0.25, 0.3) is 0 Å². The van der Waals surface area contributed by atoms with Crippen LogP contribution >= 0.6 is 0 Å². The average Bonchev–Trinajstić information content (AvgIpc) is 3.26. The lowest BCUT2D eigenvalue weighted by atomic mass is 10.0. The Balaban J connectivity index is 1.67. The molecule has 1 fully saturated rings. The molecule has 2 heterocycles. The standard InChI is InChI=1S/C22H34FN7O/c1-3-9-24-22(25-10-11-30-17-27-28-21(30)4-2)26-16-20(29-12-14-31-15-13-29)18-5-7-19(23)8-6-18/h5-8,17,20H,3-4,9-16H2,1-2H3,(H2,24,25,26). The van der Waals surface area contributed by atoms with Gasteiger partial charge >= 0.3 is 0 Å². The van der Waals surface area contributed by atoms with Gasteiger partial charge in [-0.3, -0.25) is 9.89 Å². The third-order valence-electron chi connectivity index (χ3n) is 5.36. The molecule has 2 N–H and O–H groups in total. The number of halogens is 1. The lowest BCUT2D eigenvalue weighted by Gasteiger charge is -2.34. The molecule has 0 spiro atoms. The van der Waals surface area contributed by atoms with Crippen molar-refractivity contribution in [1.82, 2.24) is 30.3 Å². The number of aryl methyl sites for hydroxylation is 1. The van der Waals surface area contributed by atoms with Gasteiger partial charge in [0.2, 0.25) is 0 Å². The summed E-state index contributed by atoms with van der Waals surface area (Å²) in [6, 6.07) is 6.83. The first-order chi connectivity index (χ1) is 15.2. The van der Waals surface area contributed by atoms with Crippen molar-refractivity contribution < 1.29 is 9.13 Å². The van der Waals surface area contributed by atoms with E-state index >= 15 is 0 Å². The Hall–Kier alpha value is -2.52. The molecular weight excluding hydrogens is 397 g/mol. The summed E-state index contributed by atoms with van der Waals surface area (Å²) in [7, 11) is 0. The summed E-state index contributed by atoms with van der Waals surface area (Å²) < 4.78 is 21.0. The average molecular weight is 432 g/mol. The van der Waals surface area contributed by atoms with Crippen LogP contribution in [-0.2, 0) is 17.7 Å². The molecule has 3 rings (SSSR count). The molecule has 31 heavy (non-hydrogen) atoms. The summed E-state index contributed by atoms with van der Waals surface area (Å²) in [5.41, 5.74) is 1.07. The number of nitrogens with zero attached hydrogens (tertiary/aromatic N) is 5. The maximum atomic E-state index is 13.5.